The first-order chi connectivity index (χ1) is 10.5. The van der Waals surface area contributed by atoms with E-state index in [1.807, 2.05) is 12.2 Å². The van der Waals surface area contributed by atoms with Crippen molar-refractivity contribution in [2.24, 2.45) is 5.92 Å². The third kappa shape index (κ3) is 4.69. The minimum Gasteiger partial charge on any atom is -0.456 e. The fourth-order valence-corrected chi connectivity index (χ4v) is 2.15. The van der Waals surface area contributed by atoms with E-state index < -0.39 is 16.8 Å². The van der Waals surface area contributed by atoms with Gasteiger partial charge in [0.2, 0.25) is 0 Å². The number of esters is 1. The van der Waals surface area contributed by atoms with Crippen molar-refractivity contribution >= 4 is 23.3 Å². The molecule has 1 aliphatic rings. The molecule has 0 fully saturated rings. The number of nitro benzene ring substituents is 1. The molecule has 0 aliphatic heterocycles. The molecule has 7 nitrogen and oxygen atoms in total. The fourth-order valence-electron chi connectivity index (χ4n) is 2.15. The lowest BCUT2D eigenvalue weighted by molar-refractivity contribution is -0.384. The molecule has 0 saturated carbocycles. The van der Waals surface area contributed by atoms with Crippen LogP contribution < -0.4 is 5.32 Å². The van der Waals surface area contributed by atoms with E-state index in [4.69, 9.17) is 4.74 Å². The molecule has 1 aromatic carbocycles. The van der Waals surface area contributed by atoms with Gasteiger partial charge < -0.3 is 10.1 Å². The van der Waals surface area contributed by atoms with Crippen molar-refractivity contribution in [1.29, 1.82) is 0 Å². The lowest BCUT2D eigenvalue weighted by atomic mass is 10.1. The van der Waals surface area contributed by atoms with Crippen molar-refractivity contribution in [3.63, 3.8) is 0 Å². The van der Waals surface area contributed by atoms with Gasteiger partial charge in [-0.15, -0.1) is 0 Å². The Hall–Kier alpha value is -2.70. The Morgan fingerprint density at radius 3 is 2.64 bits per heavy atom. The summed E-state index contributed by atoms with van der Waals surface area (Å²) in [4.78, 5) is 33.2. The van der Waals surface area contributed by atoms with Crippen molar-refractivity contribution in [3.8, 4) is 0 Å². The molecule has 1 amide bonds. The van der Waals surface area contributed by atoms with E-state index in [1.165, 1.54) is 24.3 Å². The van der Waals surface area contributed by atoms with Crippen molar-refractivity contribution in [1.82, 2.24) is 0 Å². The number of ether oxygens (including phenoxy) is 1. The second-order valence-electron chi connectivity index (χ2n) is 4.98. The van der Waals surface area contributed by atoms with Gasteiger partial charge in [-0.1, -0.05) is 12.2 Å². The first-order valence-corrected chi connectivity index (χ1v) is 6.91. The molecule has 116 valence electrons. The van der Waals surface area contributed by atoms with Gasteiger partial charge >= 0.3 is 5.97 Å². The van der Waals surface area contributed by atoms with Gasteiger partial charge in [-0.2, -0.15) is 0 Å². The number of carbonyl (C=O) groups excluding carboxylic acids is 2. The number of hydrogen-bond acceptors (Lipinski definition) is 5. The van der Waals surface area contributed by atoms with Crippen LogP contribution in [0.4, 0.5) is 11.4 Å². The molecule has 0 aromatic heterocycles. The van der Waals surface area contributed by atoms with Gasteiger partial charge in [-0.05, 0) is 30.9 Å². The summed E-state index contributed by atoms with van der Waals surface area (Å²) >= 11 is 0. The minimum atomic E-state index is -0.523. The summed E-state index contributed by atoms with van der Waals surface area (Å²) in [6.45, 7) is -0.369. The number of rotatable bonds is 6. The zero-order chi connectivity index (χ0) is 15.9. The quantitative estimate of drug-likeness (QED) is 0.376. The molecule has 0 radical (unpaired) electrons. The Labute approximate surface area is 127 Å². The molecule has 1 aliphatic carbocycles. The second kappa shape index (κ2) is 7.35. The largest absolute Gasteiger partial charge is 0.456 e. The number of allylic oxidation sites excluding steroid dienone is 2. The molecule has 1 atom stereocenters. The van der Waals surface area contributed by atoms with Gasteiger partial charge in [0.15, 0.2) is 6.61 Å². The van der Waals surface area contributed by atoms with Crippen LogP contribution >= 0.6 is 0 Å². The summed E-state index contributed by atoms with van der Waals surface area (Å²) in [6, 6.07) is 5.41. The average molecular weight is 304 g/mol. The molecule has 1 N–H and O–H groups in total. The van der Waals surface area contributed by atoms with Gasteiger partial charge in [0.1, 0.15) is 0 Å². The Bertz CT molecular complexity index is 594. The zero-order valence-corrected chi connectivity index (χ0v) is 11.9. The Balaban J connectivity index is 1.74. The molecule has 0 saturated heterocycles. The van der Waals surface area contributed by atoms with E-state index >= 15 is 0 Å². The molecule has 7 heteroatoms. The predicted octanol–water partition coefficient (Wildman–Crippen LogP) is 2.43. The molecule has 0 heterocycles. The third-order valence-electron chi connectivity index (χ3n) is 3.27. The van der Waals surface area contributed by atoms with Gasteiger partial charge in [-0.25, -0.2) is 0 Å². The van der Waals surface area contributed by atoms with Crippen molar-refractivity contribution in [2.75, 3.05) is 11.9 Å². The van der Waals surface area contributed by atoms with E-state index in [2.05, 4.69) is 5.32 Å². The zero-order valence-electron chi connectivity index (χ0n) is 11.9. The Kier molecular flexibility index (Phi) is 5.24. The van der Waals surface area contributed by atoms with E-state index in [0.29, 0.717) is 5.69 Å². The van der Waals surface area contributed by atoms with E-state index in [0.717, 1.165) is 12.8 Å². The summed E-state index contributed by atoms with van der Waals surface area (Å²) in [5.74, 6) is -0.690. The number of carbonyl (C=O) groups is 2. The molecule has 0 spiro atoms. The number of non-ortho nitro benzene ring substituents is 1. The maximum atomic E-state index is 11.6. The second-order valence-corrected chi connectivity index (χ2v) is 4.98. The lowest BCUT2D eigenvalue weighted by Gasteiger charge is -2.08. The van der Waals surface area contributed by atoms with Crippen LogP contribution in [0.2, 0.25) is 0 Å². The fraction of sp³-hybridized carbons (Fsp3) is 0.333. The van der Waals surface area contributed by atoms with E-state index in [9.17, 15) is 19.7 Å². The first-order valence-electron chi connectivity index (χ1n) is 6.91. The predicted molar refractivity (Wildman–Crippen MR) is 79.2 cm³/mol. The number of nitro groups is 1. The monoisotopic (exact) mass is 304 g/mol. The highest BCUT2D eigenvalue weighted by atomic mass is 16.6. The SMILES string of the molecule is O=C(COC(=O)C[C@@H]1C=CCC1)Nc1ccc([N+](=O)[O-])cc1. The molecule has 2 rings (SSSR count). The normalized spacial score (nSPS) is 16.3. The van der Waals surface area contributed by atoms with Crippen LogP contribution in [0.1, 0.15) is 19.3 Å². The van der Waals surface area contributed by atoms with Crippen molar-refractivity contribution < 1.29 is 19.2 Å². The van der Waals surface area contributed by atoms with Crippen LogP contribution in [0.15, 0.2) is 36.4 Å². The number of nitrogens with zero attached hydrogens (tertiary/aromatic N) is 1. The van der Waals surface area contributed by atoms with Crippen LogP contribution in [-0.4, -0.2) is 23.4 Å². The smallest absolute Gasteiger partial charge is 0.306 e. The summed E-state index contributed by atoms with van der Waals surface area (Å²) in [5, 5.41) is 13.0. The number of nitrogens with one attached hydrogen (secondary N) is 1. The van der Waals surface area contributed by atoms with Gasteiger partial charge in [0.25, 0.3) is 11.6 Å². The van der Waals surface area contributed by atoms with Gasteiger partial charge in [-0.3, -0.25) is 19.7 Å². The van der Waals surface area contributed by atoms with Crippen LogP contribution in [0, 0.1) is 16.0 Å². The Morgan fingerprint density at radius 1 is 1.32 bits per heavy atom. The summed E-state index contributed by atoms with van der Waals surface area (Å²) in [7, 11) is 0. The number of amides is 1. The van der Waals surface area contributed by atoms with E-state index in [1.54, 1.807) is 0 Å². The molecule has 0 unspecified atom stereocenters. The van der Waals surface area contributed by atoms with Crippen LogP contribution in [0.3, 0.4) is 0 Å². The maximum absolute atomic E-state index is 11.6. The number of anilines is 1. The highest BCUT2D eigenvalue weighted by molar-refractivity contribution is 5.92. The molecular weight excluding hydrogens is 288 g/mol. The summed E-state index contributed by atoms with van der Waals surface area (Å²) in [5.41, 5.74) is 0.347. The van der Waals surface area contributed by atoms with E-state index in [-0.39, 0.29) is 24.6 Å². The van der Waals surface area contributed by atoms with Crippen LogP contribution in [-0.2, 0) is 14.3 Å². The highest BCUT2D eigenvalue weighted by Crippen LogP contribution is 2.20. The minimum absolute atomic E-state index is 0.0611. The maximum Gasteiger partial charge on any atom is 0.306 e. The topological polar surface area (TPSA) is 98.5 Å². The van der Waals surface area contributed by atoms with Crippen LogP contribution in [0.5, 0.6) is 0 Å². The number of hydrogen-bond donors (Lipinski definition) is 1. The summed E-state index contributed by atoms with van der Waals surface area (Å²) < 4.78 is 4.91. The van der Waals surface area contributed by atoms with Crippen molar-refractivity contribution in [3.05, 3.63) is 46.5 Å². The third-order valence-corrected chi connectivity index (χ3v) is 3.27. The number of benzene rings is 1. The standard InChI is InChI=1S/C15H16N2O5/c18-14(10-22-15(19)9-11-3-1-2-4-11)16-12-5-7-13(8-6-12)17(20)21/h1,3,5-8,11H,2,4,9-10H2,(H,16,18)/t11-/m1/s1. The first kappa shape index (κ1) is 15.7. The summed E-state index contributed by atoms with van der Waals surface area (Å²) in [6.07, 6.45) is 6.20. The molecule has 0 bridgehead atoms. The highest BCUT2D eigenvalue weighted by Gasteiger charge is 2.16. The molecular formula is C15H16N2O5. The van der Waals surface area contributed by atoms with Gasteiger partial charge in [0.05, 0.1) is 11.3 Å². The van der Waals surface area contributed by atoms with Crippen molar-refractivity contribution in [2.45, 2.75) is 19.3 Å². The molecule has 22 heavy (non-hydrogen) atoms. The van der Waals surface area contributed by atoms with Gasteiger partial charge in [0, 0.05) is 17.8 Å². The molecule has 1 aromatic rings. The lowest BCUT2D eigenvalue weighted by Crippen LogP contribution is -2.21. The van der Waals surface area contributed by atoms with Crippen LogP contribution in [0.25, 0.3) is 0 Å². The Morgan fingerprint density at radius 2 is 2.05 bits per heavy atom. The average Bonchev–Trinajstić information content (AvgIpc) is 2.98.